The Morgan fingerprint density at radius 1 is 0.196 bits per heavy atom. The molecule has 0 bridgehead atoms. The molecule has 0 spiro atoms. The Balaban J connectivity index is 0.000000141. The largest absolute Gasteiger partial charge is 0.247 e. The van der Waals surface area contributed by atoms with E-state index in [4.69, 9.17) is 29.9 Å². The average Bonchev–Trinajstić information content (AvgIpc) is 1.40. The summed E-state index contributed by atoms with van der Waals surface area (Å²) in [5.41, 5.74) is 20.5. The van der Waals surface area contributed by atoms with Crippen molar-refractivity contribution in [3.05, 3.63) is 352 Å². The highest BCUT2D eigenvalue weighted by Gasteiger charge is 2.24. The Labute approximate surface area is 596 Å². The molecule has 0 aliphatic heterocycles. The summed E-state index contributed by atoms with van der Waals surface area (Å²) in [5.74, 6) is 1.39. The minimum Gasteiger partial charge on any atom is -0.247 e. The van der Waals surface area contributed by atoms with E-state index in [1.165, 1.54) is 94.9 Å². The summed E-state index contributed by atoms with van der Waals surface area (Å²) in [6.45, 7) is 0. The Kier molecular flexibility index (Phi) is 15.2. The number of benzene rings is 14. The molecule has 0 aliphatic carbocycles. The van der Waals surface area contributed by atoms with E-state index in [1.807, 2.05) is 95.5 Å². The lowest BCUT2D eigenvalue weighted by Gasteiger charge is -2.14. The SMILES string of the molecule is c1ccc(-c2cc(-c3cccc(-c4nc5cccc(-c6cccc7ccccc67)c5c5sc6ccccc6c45)c3)nc(-c3ccccc3)n2)cc1.c1ccc(-c2cc(-c3ccccc3)nc(-c3cccc(-c4nc5cccc(-c6cccc7ccccc67)c5c5sc6ccccc6c45)c3)n2)cc1. The van der Waals surface area contributed by atoms with Crippen molar-refractivity contribution in [3.8, 4) is 113 Å². The Morgan fingerprint density at radius 2 is 0.510 bits per heavy atom. The fraction of sp³-hybridized carbons (Fsp3) is 0. The first-order chi connectivity index (χ1) is 50.6. The summed E-state index contributed by atoms with van der Waals surface area (Å²) in [4.78, 5) is 31.4. The van der Waals surface area contributed by atoms with Crippen molar-refractivity contribution in [2.45, 2.75) is 0 Å². The first-order valence-corrected chi connectivity index (χ1v) is 35.9. The van der Waals surface area contributed by atoms with Crippen molar-refractivity contribution >= 4 is 106 Å². The Bertz CT molecular complexity index is 6100. The number of hydrogen-bond donors (Lipinski definition) is 0. The smallest absolute Gasteiger partial charge is 0.160 e. The molecular weight excluding hydrogens is 1280 g/mol. The molecule has 0 radical (unpaired) electrons. The van der Waals surface area contributed by atoms with Gasteiger partial charge in [-0.2, -0.15) is 0 Å². The van der Waals surface area contributed by atoms with Gasteiger partial charge in [-0.3, -0.25) is 0 Å². The molecule has 0 atom stereocenters. The van der Waals surface area contributed by atoms with Gasteiger partial charge in [0.1, 0.15) is 0 Å². The summed E-state index contributed by atoms with van der Waals surface area (Å²) >= 11 is 3.70. The molecule has 20 aromatic rings. The van der Waals surface area contributed by atoms with E-state index in [1.54, 1.807) is 0 Å². The molecule has 0 amide bonds. The third kappa shape index (κ3) is 10.9. The topological polar surface area (TPSA) is 77.3 Å². The van der Waals surface area contributed by atoms with Gasteiger partial charge in [0.25, 0.3) is 0 Å². The van der Waals surface area contributed by atoms with Crippen molar-refractivity contribution in [2.75, 3.05) is 0 Å². The van der Waals surface area contributed by atoms with E-state index < -0.39 is 0 Å². The maximum atomic E-state index is 5.50. The molecule has 20 rings (SSSR count). The van der Waals surface area contributed by atoms with Crippen LogP contribution >= 0.6 is 22.7 Å². The van der Waals surface area contributed by atoms with Gasteiger partial charge >= 0.3 is 0 Å². The van der Waals surface area contributed by atoms with Crippen LogP contribution in [0.2, 0.25) is 0 Å². The average molecular weight is 1340 g/mol. The van der Waals surface area contributed by atoms with Crippen molar-refractivity contribution < 1.29 is 0 Å². The van der Waals surface area contributed by atoms with Crippen molar-refractivity contribution in [1.29, 1.82) is 0 Å². The maximum absolute atomic E-state index is 5.50. The van der Waals surface area contributed by atoms with E-state index in [2.05, 4.69) is 279 Å². The highest BCUT2D eigenvalue weighted by molar-refractivity contribution is 7.27. The van der Waals surface area contributed by atoms with Crippen LogP contribution in [-0.2, 0) is 0 Å². The summed E-state index contributed by atoms with van der Waals surface area (Å²) in [6.07, 6.45) is 0. The predicted molar refractivity (Wildman–Crippen MR) is 430 cm³/mol. The lowest BCUT2D eigenvalue weighted by molar-refractivity contribution is 1.18. The Hall–Kier alpha value is -13.0. The van der Waals surface area contributed by atoms with Gasteiger partial charge in [0.05, 0.1) is 45.2 Å². The first kappa shape index (κ1) is 60.2. The standard InChI is InChI=1S/2C47H29N3S/c1-3-15-31(16-4-1)40-29-41(50-47(49-40)32-17-5-2-6-18-32)33-20-11-21-34(28-33)45-44-38-23-9-10-27-42(38)51-46(44)43-37(25-13-26-39(43)48-45)36-24-12-19-30-14-7-8-22-35(30)36;1-3-15-31(16-4-1)40-29-41(32-17-5-2-6-18-32)50-47(49-40)34-21-11-20-33(28-34)45-44-38-23-9-10-27-42(38)51-46(44)43-37(25-13-26-39(43)48-45)36-24-12-19-30-14-7-8-22-35(30)36/h2*1-29H. The quantitative estimate of drug-likeness (QED) is 0.136. The van der Waals surface area contributed by atoms with Gasteiger partial charge < -0.3 is 0 Å². The van der Waals surface area contributed by atoms with Gasteiger partial charge in [0.15, 0.2) is 11.6 Å². The van der Waals surface area contributed by atoms with Crippen LogP contribution in [0.5, 0.6) is 0 Å². The molecule has 6 aromatic heterocycles. The van der Waals surface area contributed by atoms with E-state index in [-0.39, 0.29) is 0 Å². The monoisotopic (exact) mass is 1330 g/mol. The summed E-state index contributed by atoms with van der Waals surface area (Å²) < 4.78 is 5.00. The van der Waals surface area contributed by atoms with Crippen molar-refractivity contribution in [2.24, 2.45) is 0 Å². The van der Waals surface area contributed by atoms with Crippen LogP contribution in [0.1, 0.15) is 0 Å². The van der Waals surface area contributed by atoms with Gasteiger partial charge in [0.2, 0.25) is 0 Å². The molecule has 0 fully saturated rings. The third-order valence-electron chi connectivity index (χ3n) is 19.3. The zero-order valence-electron chi connectivity index (χ0n) is 55.0. The molecule has 6 nitrogen and oxygen atoms in total. The molecule has 0 unspecified atom stereocenters. The lowest BCUT2D eigenvalue weighted by atomic mass is 9.93. The first-order valence-electron chi connectivity index (χ1n) is 34.2. The minimum atomic E-state index is 0.683. The molecule has 6 heterocycles. The van der Waals surface area contributed by atoms with Crippen LogP contribution in [-0.4, -0.2) is 29.9 Å². The van der Waals surface area contributed by atoms with Crippen LogP contribution in [0.25, 0.3) is 196 Å². The van der Waals surface area contributed by atoms with E-state index in [0.29, 0.717) is 11.6 Å². The highest BCUT2D eigenvalue weighted by atomic mass is 32.1. The van der Waals surface area contributed by atoms with Crippen LogP contribution in [0.4, 0.5) is 0 Å². The molecule has 0 aliphatic rings. The number of thiophene rings is 2. The second-order valence-corrected chi connectivity index (χ2v) is 27.6. The Morgan fingerprint density at radius 3 is 0.971 bits per heavy atom. The van der Waals surface area contributed by atoms with Crippen molar-refractivity contribution in [1.82, 2.24) is 29.9 Å². The van der Waals surface area contributed by atoms with E-state index in [9.17, 15) is 0 Å². The molecule has 8 heteroatoms. The predicted octanol–water partition coefficient (Wildman–Crippen LogP) is 25.8. The number of hydrogen-bond acceptors (Lipinski definition) is 8. The number of pyridine rings is 2. The summed E-state index contributed by atoms with van der Waals surface area (Å²) in [7, 11) is 0. The fourth-order valence-corrected chi connectivity index (χ4v) is 17.1. The van der Waals surface area contributed by atoms with Gasteiger partial charge in [-0.05, 0) is 92.3 Å². The zero-order chi connectivity index (χ0) is 67.5. The number of nitrogens with zero attached hydrogens (tertiary/aromatic N) is 6. The summed E-state index contributed by atoms with van der Waals surface area (Å²) in [6, 6.07) is 124. The maximum Gasteiger partial charge on any atom is 0.160 e. The van der Waals surface area contributed by atoms with E-state index in [0.717, 1.165) is 89.7 Å². The molecule has 0 N–H and O–H groups in total. The van der Waals surface area contributed by atoms with E-state index >= 15 is 0 Å². The van der Waals surface area contributed by atoms with Crippen molar-refractivity contribution in [3.63, 3.8) is 0 Å². The van der Waals surface area contributed by atoms with Crippen LogP contribution < -0.4 is 0 Å². The zero-order valence-corrected chi connectivity index (χ0v) is 56.6. The molecule has 14 aromatic carbocycles. The molecule has 476 valence electrons. The van der Waals surface area contributed by atoms with Crippen LogP contribution in [0.15, 0.2) is 352 Å². The molecule has 102 heavy (non-hydrogen) atoms. The third-order valence-corrected chi connectivity index (χ3v) is 21.7. The normalized spacial score (nSPS) is 11.5. The number of fused-ring (bicyclic) bond motifs is 12. The summed E-state index contributed by atoms with van der Waals surface area (Å²) in [5, 5.41) is 12.1. The van der Waals surface area contributed by atoms with Crippen LogP contribution in [0, 0.1) is 0 Å². The minimum absolute atomic E-state index is 0.683. The highest BCUT2D eigenvalue weighted by Crippen LogP contribution is 2.49. The fourth-order valence-electron chi connectivity index (χ4n) is 14.6. The number of aromatic nitrogens is 6. The molecular formula is C94H58N6S2. The van der Waals surface area contributed by atoms with Gasteiger partial charge in [-0.15, -0.1) is 22.7 Å². The van der Waals surface area contributed by atoms with Gasteiger partial charge in [-0.25, -0.2) is 29.9 Å². The lowest BCUT2D eigenvalue weighted by Crippen LogP contribution is -1.96. The second-order valence-electron chi connectivity index (χ2n) is 25.5. The van der Waals surface area contributed by atoms with Gasteiger partial charge in [-0.1, -0.05) is 303 Å². The second kappa shape index (κ2) is 25.7. The molecule has 0 saturated carbocycles. The number of rotatable bonds is 10. The molecule has 0 saturated heterocycles. The van der Waals surface area contributed by atoms with Crippen LogP contribution in [0.3, 0.4) is 0 Å². The van der Waals surface area contributed by atoms with Gasteiger partial charge in [0, 0.05) is 95.6 Å².